The summed E-state index contributed by atoms with van der Waals surface area (Å²) in [4.78, 5) is 12.2. The molecule has 0 aromatic carbocycles. The number of amides is 1. The molecule has 0 aromatic heterocycles. The fraction of sp³-hybridized carbons (Fsp3) is 0.909. The number of nitrogens with one attached hydrogen (secondary N) is 1. The molecule has 1 amide bonds. The van der Waals surface area contributed by atoms with E-state index < -0.39 is 12.1 Å². The highest BCUT2D eigenvalue weighted by Crippen LogP contribution is 2.20. The van der Waals surface area contributed by atoms with Gasteiger partial charge in [-0.25, -0.2) is 0 Å². The summed E-state index contributed by atoms with van der Waals surface area (Å²) in [5.41, 5.74) is 0. The van der Waals surface area contributed by atoms with Crippen LogP contribution in [0.2, 0.25) is 0 Å². The molecule has 0 saturated carbocycles. The Hall–Kier alpha value is -0.780. The van der Waals surface area contributed by atoms with E-state index in [9.17, 15) is 18.0 Å². The third-order valence-corrected chi connectivity index (χ3v) is 2.72. The van der Waals surface area contributed by atoms with Gasteiger partial charge in [-0.3, -0.25) is 4.79 Å². The first-order chi connectivity index (χ1) is 7.80. The number of carbonyl (C=O) groups is 1. The number of alkyl halides is 3. The largest absolute Gasteiger partial charge is 0.471 e. The average Bonchev–Trinajstić information content (AvgIpc) is 2.66. The van der Waals surface area contributed by atoms with Crippen LogP contribution in [0.5, 0.6) is 0 Å². The Morgan fingerprint density at radius 1 is 1.47 bits per heavy atom. The van der Waals surface area contributed by atoms with Crippen molar-refractivity contribution in [3.63, 3.8) is 0 Å². The zero-order valence-corrected chi connectivity index (χ0v) is 10.2. The lowest BCUT2D eigenvalue weighted by Gasteiger charge is -2.28. The zero-order chi connectivity index (χ0) is 13.1. The fourth-order valence-corrected chi connectivity index (χ4v) is 2.04. The van der Waals surface area contributed by atoms with Crippen molar-refractivity contribution >= 4 is 5.91 Å². The van der Waals surface area contributed by atoms with Gasteiger partial charge in [0.1, 0.15) is 0 Å². The topological polar surface area (TPSA) is 32.3 Å². The van der Waals surface area contributed by atoms with Crippen molar-refractivity contribution in [3.05, 3.63) is 0 Å². The molecule has 100 valence electrons. The Bertz CT molecular complexity index is 260. The van der Waals surface area contributed by atoms with E-state index >= 15 is 0 Å². The standard InChI is InChI=1S/C11H19F3N2O/c1-8(2)6-16(10(17)11(12,13)14)7-9-4-3-5-15-9/h8-9,15H,3-7H2,1-2H3. The lowest BCUT2D eigenvalue weighted by molar-refractivity contribution is -0.186. The molecule has 1 fully saturated rings. The summed E-state index contributed by atoms with van der Waals surface area (Å²) in [6.07, 6.45) is -2.98. The van der Waals surface area contributed by atoms with E-state index in [1.807, 2.05) is 0 Å². The molecule has 0 radical (unpaired) electrons. The third-order valence-electron chi connectivity index (χ3n) is 2.72. The molecule has 0 aliphatic carbocycles. The van der Waals surface area contributed by atoms with Gasteiger partial charge >= 0.3 is 12.1 Å². The van der Waals surface area contributed by atoms with Gasteiger partial charge in [-0.15, -0.1) is 0 Å². The molecule has 1 aliphatic rings. The van der Waals surface area contributed by atoms with Gasteiger partial charge in [-0.1, -0.05) is 13.8 Å². The highest BCUT2D eigenvalue weighted by Gasteiger charge is 2.43. The van der Waals surface area contributed by atoms with Crippen LogP contribution in [-0.4, -0.2) is 42.7 Å². The summed E-state index contributed by atoms with van der Waals surface area (Å²) in [5, 5.41) is 3.11. The Morgan fingerprint density at radius 2 is 2.12 bits per heavy atom. The first kappa shape index (κ1) is 14.3. The molecule has 1 saturated heterocycles. The average molecular weight is 252 g/mol. The van der Waals surface area contributed by atoms with Crippen molar-refractivity contribution in [3.8, 4) is 0 Å². The van der Waals surface area contributed by atoms with Crippen molar-refractivity contribution in [1.82, 2.24) is 10.2 Å². The molecule has 1 aliphatic heterocycles. The molecule has 1 N–H and O–H groups in total. The smallest absolute Gasteiger partial charge is 0.333 e. The molecule has 1 atom stereocenters. The Kier molecular flexibility index (Phi) is 4.80. The van der Waals surface area contributed by atoms with E-state index in [1.165, 1.54) is 0 Å². The number of hydrogen-bond donors (Lipinski definition) is 1. The first-order valence-electron chi connectivity index (χ1n) is 5.90. The SMILES string of the molecule is CC(C)CN(CC1CCCN1)C(=O)C(F)(F)F. The van der Waals surface area contributed by atoms with Crippen molar-refractivity contribution in [2.45, 2.75) is 38.9 Å². The van der Waals surface area contributed by atoms with Crippen LogP contribution < -0.4 is 5.32 Å². The van der Waals surface area contributed by atoms with Gasteiger partial charge < -0.3 is 10.2 Å². The molecule has 17 heavy (non-hydrogen) atoms. The maximum absolute atomic E-state index is 12.4. The summed E-state index contributed by atoms with van der Waals surface area (Å²) < 4.78 is 37.2. The van der Waals surface area contributed by atoms with Crippen LogP contribution in [-0.2, 0) is 4.79 Å². The van der Waals surface area contributed by atoms with Crippen LogP contribution in [0.3, 0.4) is 0 Å². The van der Waals surface area contributed by atoms with Gasteiger partial charge in [0.05, 0.1) is 0 Å². The van der Waals surface area contributed by atoms with Crippen LogP contribution in [0.25, 0.3) is 0 Å². The second-order valence-corrected chi connectivity index (χ2v) is 4.90. The molecule has 1 heterocycles. The van der Waals surface area contributed by atoms with Crippen molar-refractivity contribution < 1.29 is 18.0 Å². The van der Waals surface area contributed by atoms with E-state index in [0.29, 0.717) is 0 Å². The second kappa shape index (κ2) is 5.71. The number of carbonyl (C=O) groups excluding carboxylic acids is 1. The van der Waals surface area contributed by atoms with Gasteiger partial charge in [0.2, 0.25) is 0 Å². The van der Waals surface area contributed by atoms with Gasteiger partial charge in [-0.2, -0.15) is 13.2 Å². The molecule has 0 spiro atoms. The molecule has 6 heteroatoms. The first-order valence-corrected chi connectivity index (χ1v) is 5.90. The minimum atomic E-state index is -4.77. The summed E-state index contributed by atoms with van der Waals surface area (Å²) in [6.45, 7) is 4.73. The van der Waals surface area contributed by atoms with E-state index in [-0.39, 0.29) is 25.0 Å². The molecule has 1 unspecified atom stereocenters. The minimum Gasteiger partial charge on any atom is -0.333 e. The lowest BCUT2D eigenvalue weighted by Crippen LogP contribution is -2.48. The number of nitrogens with zero attached hydrogens (tertiary/aromatic N) is 1. The zero-order valence-electron chi connectivity index (χ0n) is 10.2. The van der Waals surface area contributed by atoms with E-state index in [0.717, 1.165) is 24.3 Å². The highest BCUT2D eigenvalue weighted by molar-refractivity contribution is 5.81. The molecule has 1 rings (SSSR count). The Morgan fingerprint density at radius 3 is 2.53 bits per heavy atom. The fourth-order valence-electron chi connectivity index (χ4n) is 2.04. The Balaban J connectivity index is 2.62. The molecule has 0 bridgehead atoms. The third kappa shape index (κ3) is 4.53. The number of rotatable bonds is 4. The predicted octanol–water partition coefficient (Wildman–Crippen LogP) is 1.79. The lowest BCUT2D eigenvalue weighted by atomic mass is 10.1. The van der Waals surface area contributed by atoms with Crippen LogP contribution in [0.4, 0.5) is 13.2 Å². The predicted molar refractivity (Wildman–Crippen MR) is 58.5 cm³/mol. The maximum Gasteiger partial charge on any atom is 0.471 e. The summed E-state index contributed by atoms with van der Waals surface area (Å²) in [5.74, 6) is -1.69. The Labute approximate surface area is 99.4 Å². The van der Waals surface area contributed by atoms with Crippen molar-refractivity contribution in [2.75, 3.05) is 19.6 Å². The summed E-state index contributed by atoms with van der Waals surface area (Å²) in [6, 6.07) is 0.0000463. The maximum atomic E-state index is 12.4. The van der Waals surface area contributed by atoms with Crippen molar-refractivity contribution in [2.24, 2.45) is 5.92 Å². The van der Waals surface area contributed by atoms with Crippen LogP contribution in [0.1, 0.15) is 26.7 Å². The highest BCUT2D eigenvalue weighted by atomic mass is 19.4. The number of halogens is 3. The van der Waals surface area contributed by atoms with Gasteiger partial charge in [0.25, 0.3) is 0 Å². The quantitative estimate of drug-likeness (QED) is 0.827. The van der Waals surface area contributed by atoms with Crippen LogP contribution in [0, 0.1) is 5.92 Å². The summed E-state index contributed by atoms with van der Waals surface area (Å²) >= 11 is 0. The minimum absolute atomic E-state index is 0.0000463. The molecular weight excluding hydrogens is 233 g/mol. The summed E-state index contributed by atoms with van der Waals surface area (Å²) in [7, 11) is 0. The molecule has 0 aromatic rings. The molecule has 3 nitrogen and oxygen atoms in total. The monoisotopic (exact) mass is 252 g/mol. The number of hydrogen-bond acceptors (Lipinski definition) is 2. The van der Waals surface area contributed by atoms with Gasteiger partial charge in [0.15, 0.2) is 0 Å². The van der Waals surface area contributed by atoms with Crippen molar-refractivity contribution in [1.29, 1.82) is 0 Å². The van der Waals surface area contributed by atoms with E-state index in [1.54, 1.807) is 13.8 Å². The molecular formula is C11H19F3N2O. The van der Waals surface area contributed by atoms with E-state index in [2.05, 4.69) is 5.32 Å². The second-order valence-electron chi connectivity index (χ2n) is 4.90. The normalized spacial score (nSPS) is 20.9. The van der Waals surface area contributed by atoms with E-state index in [4.69, 9.17) is 0 Å². The van der Waals surface area contributed by atoms with Crippen LogP contribution >= 0.6 is 0 Å². The van der Waals surface area contributed by atoms with Crippen LogP contribution in [0.15, 0.2) is 0 Å². The van der Waals surface area contributed by atoms with Gasteiger partial charge in [0, 0.05) is 19.1 Å². The van der Waals surface area contributed by atoms with Gasteiger partial charge in [-0.05, 0) is 25.3 Å².